The third-order valence-electron chi connectivity index (χ3n) is 5.09. The Hall–Kier alpha value is -1.76. The molecule has 1 aromatic heterocycles. The zero-order valence-corrected chi connectivity index (χ0v) is 14.0. The molecule has 1 atom stereocenters. The highest BCUT2D eigenvalue weighted by atomic mass is 32.1. The number of fused-ring (bicyclic) bond motifs is 1. The Morgan fingerprint density at radius 2 is 2.09 bits per heavy atom. The molecule has 0 aliphatic carbocycles. The van der Waals surface area contributed by atoms with Crippen LogP contribution in [0.25, 0.3) is 0 Å². The molecule has 3 aliphatic rings. The van der Waals surface area contributed by atoms with Gasteiger partial charge in [0.25, 0.3) is 5.91 Å². The van der Waals surface area contributed by atoms with Crippen molar-refractivity contribution in [3.63, 3.8) is 0 Å². The van der Waals surface area contributed by atoms with Crippen LogP contribution in [0.1, 0.15) is 28.9 Å². The van der Waals surface area contributed by atoms with Crippen LogP contribution < -0.4 is 9.47 Å². The smallest absolute Gasteiger partial charge is 0.267 e. The van der Waals surface area contributed by atoms with Crippen LogP contribution in [-0.4, -0.2) is 61.5 Å². The maximum Gasteiger partial charge on any atom is 0.267 e. The summed E-state index contributed by atoms with van der Waals surface area (Å²) in [5.74, 6) is 1.37. The number of amides is 2. The average molecular weight is 336 g/mol. The highest BCUT2D eigenvalue weighted by Gasteiger charge is 2.49. The van der Waals surface area contributed by atoms with Gasteiger partial charge in [0.05, 0.1) is 5.41 Å². The van der Waals surface area contributed by atoms with Crippen LogP contribution in [0.3, 0.4) is 0 Å². The monoisotopic (exact) mass is 336 g/mol. The molecule has 0 saturated carbocycles. The summed E-state index contributed by atoms with van der Waals surface area (Å²) in [4.78, 5) is 29.7. The first kappa shape index (κ1) is 14.8. The number of likely N-dealkylation sites (tertiary alicyclic amines) is 2. The SMILES string of the molecule is CN1CCCC2(CCN(C(=O)c3scc4c3OCCO4)C2)C1=O. The number of hydrogen-bond acceptors (Lipinski definition) is 5. The van der Waals surface area contributed by atoms with Crippen molar-refractivity contribution in [3.8, 4) is 11.5 Å². The third kappa shape index (κ3) is 2.29. The van der Waals surface area contributed by atoms with Crippen molar-refractivity contribution >= 4 is 23.2 Å². The van der Waals surface area contributed by atoms with Gasteiger partial charge >= 0.3 is 0 Å². The second-order valence-corrected chi connectivity index (χ2v) is 7.42. The van der Waals surface area contributed by atoms with Crippen molar-refractivity contribution in [1.82, 2.24) is 9.80 Å². The van der Waals surface area contributed by atoms with Crippen LogP contribution in [0.4, 0.5) is 0 Å². The maximum atomic E-state index is 12.9. The Labute approximate surface area is 139 Å². The van der Waals surface area contributed by atoms with E-state index in [0.717, 1.165) is 25.8 Å². The number of carbonyl (C=O) groups is 2. The van der Waals surface area contributed by atoms with Gasteiger partial charge in [0.1, 0.15) is 18.1 Å². The summed E-state index contributed by atoms with van der Waals surface area (Å²) < 4.78 is 11.1. The van der Waals surface area contributed by atoms with Gasteiger partial charge in [-0.15, -0.1) is 11.3 Å². The molecular formula is C16H20N2O4S. The van der Waals surface area contributed by atoms with E-state index in [1.807, 2.05) is 12.4 Å². The summed E-state index contributed by atoms with van der Waals surface area (Å²) in [6, 6.07) is 0. The molecule has 1 spiro atoms. The summed E-state index contributed by atoms with van der Waals surface area (Å²) in [5.41, 5.74) is -0.378. The summed E-state index contributed by atoms with van der Waals surface area (Å²) in [7, 11) is 1.86. The number of hydrogen-bond donors (Lipinski definition) is 0. The van der Waals surface area contributed by atoms with Gasteiger partial charge in [0, 0.05) is 32.1 Å². The van der Waals surface area contributed by atoms with E-state index in [2.05, 4.69) is 0 Å². The van der Waals surface area contributed by atoms with Crippen LogP contribution in [0.5, 0.6) is 11.5 Å². The highest BCUT2D eigenvalue weighted by Crippen LogP contribution is 2.43. The minimum absolute atomic E-state index is 0.0420. The third-order valence-corrected chi connectivity index (χ3v) is 6.01. The van der Waals surface area contributed by atoms with E-state index in [-0.39, 0.29) is 17.2 Å². The zero-order valence-electron chi connectivity index (χ0n) is 13.2. The van der Waals surface area contributed by atoms with Crippen LogP contribution >= 0.6 is 11.3 Å². The van der Waals surface area contributed by atoms with Gasteiger partial charge in [0.15, 0.2) is 11.5 Å². The Kier molecular flexibility index (Phi) is 3.48. The van der Waals surface area contributed by atoms with Crippen LogP contribution in [0.15, 0.2) is 5.38 Å². The minimum Gasteiger partial charge on any atom is -0.485 e. The molecule has 2 saturated heterocycles. The van der Waals surface area contributed by atoms with Crippen LogP contribution in [-0.2, 0) is 4.79 Å². The lowest BCUT2D eigenvalue weighted by atomic mass is 9.78. The molecule has 3 aliphatic heterocycles. The molecule has 23 heavy (non-hydrogen) atoms. The van der Waals surface area contributed by atoms with E-state index >= 15 is 0 Å². The van der Waals surface area contributed by atoms with E-state index in [1.165, 1.54) is 11.3 Å². The lowest BCUT2D eigenvalue weighted by Gasteiger charge is -2.37. The predicted molar refractivity (Wildman–Crippen MR) is 85.1 cm³/mol. The van der Waals surface area contributed by atoms with Crippen molar-refractivity contribution in [1.29, 1.82) is 0 Å². The Morgan fingerprint density at radius 1 is 1.26 bits per heavy atom. The van der Waals surface area contributed by atoms with Gasteiger partial charge < -0.3 is 19.3 Å². The molecule has 124 valence electrons. The van der Waals surface area contributed by atoms with Gasteiger partial charge in [-0.05, 0) is 19.3 Å². The summed E-state index contributed by atoms with van der Waals surface area (Å²) >= 11 is 1.36. The normalized spacial score (nSPS) is 26.9. The molecule has 2 amide bonds. The molecular weight excluding hydrogens is 316 g/mol. The van der Waals surface area contributed by atoms with E-state index in [4.69, 9.17) is 9.47 Å². The first-order valence-corrected chi connectivity index (χ1v) is 8.91. The largest absolute Gasteiger partial charge is 0.485 e. The molecule has 1 aromatic rings. The standard InChI is InChI=1S/C16H20N2O4S/c1-17-5-2-3-16(15(17)20)4-6-18(10-16)14(19)13-12-11(9-23-13)21-7-8-22-12/h9H,2-8,10H2,1H3. The number of carbonyl (C=O) groups excluding carboxylic acids is 2. The first-order valence-electron chi connectivity index (χ1n) is 8.03. The van der Waals surface area contributed by atoms with Crippen molar-refractivity contribution in [2.24, 2.45) is 5.41 Å². The van der Waals surface area contributed by atoms with Gasteiger partial charge in [0.2, 0.25) is 5.91 Å². The predicted octanol–water partition coefficient (Wildman–Crippen LogP) is 1.60. The molecule has 4 rings (SSSR count). The number of rotatable bonds is 1. The Balaban J connectivity index is 1.55. The molecule has 0 bridgehead atoms. The second-order valence-electron chi connectivity index (χ2n) is 6.54. The van der Waals surface area contributed by atoms with E-state index < -0.39 is 0 Å². The lowest BCUT2D eigenvalue weighted by Crippen LogP contribution is -2.48. The summed E-state index contributed by atoms with van der Waals surface area (Å²) in [6.45, 7) is 2.95. The first-order chi connectivity index (χ1) is 11.1. The van der Waals surface area contributed by atoms with E-state index in [0.29, 0.717) is 42.7 Å². The van der Waals surface area contributed by atoms with E-state index in [9.17, 15) is 9.59 Å². The van der Waals surface area contributed by atoms with Crippen molar-refractivity contribution < 1.29 is 19.1 Å². The van der Waals surface area contributed by atoms with Crippen molar-refractivity contribution in [2.45, 2.75) is 19.3 Å². The molecule has 6 nitrogen and oxygen atoms in total. The van der Waals surface area contributed by atoms with Crippen LogP contribution in [0, 0.1) is 5.41 Å². The highest BCUT2D eigenvalue weighted by molar-refractivity contribution is 7.12. The molecule has 0 N–H and O–H groups in total. The van der Waals surface area contributed by atoms with Crippen LogP contribution in [0.2, 0.25) is 0 Å². The van der Waals surface area contributed by atoms with Gasteiger partial charge in [-0.3, -0.25) is 9.59 Å². The zero-order chi connectivity index (χ0) is 16.0. The fourth-order valence-electron chi connectivity index (χ4n) is 3.85. The van der Waals surface area contributed by atoms with Crippen molar-refractivity contribution in [2.75, 3.05) is 39.9 Å². The molecule has 2 fully saturated rings. The fraction of sp³-hybridized carbons (Fsp3) is 0.625. The molecule has 7 heteroatoms. The summed E-state index contributed by atoms with van der Waals surface area (Å²) in [5, 5.41) is 1.83. The number of thiophene rings is 1. The quantitative estimate of drug-likeness (QED) is 0.782. The van der Waals surface area contributed by atoms with Gasteiger partial charge in [-0.2, -0.15) is 0 Å². The van der Waals surface area contributed by atoms with Crippen molar-refractivity contribution in [3.05, 3.63) is 10.3 Å². The van der Waals surface area contributed by atoms with E-state index in [1.54, 1.807) is 9.80 Å². The maximum absolute atomic E-state index is 12.9. The summed E-state index contributed by atoms with van der Waals surface area (Å²) in [6.07, 6.45) is 2.64. The molecule has 0 radical (unpaired) electrons. The molecule has 1 unspecified atom stereocenters. The average Bonchev–Trinajstić information content (AvgIpc) is 3.17. The Bertz CT molecular complexity index is 659. The lowest BCUT2D eigenvalue weighted by molar-refractivity contribution is -0.143. The minimum atomic E-state index is -0.378. The van der Waals surface area contributed by atoms with Gasteiger partial charge in [-0.25, -0.2) is 0 Å². The second kappa shape index (κ2) is 5.40. The fourth-order valence-corrected chi connectivity index (χ4v) is 4.74. The molecule has 4 heterocycles. The topological polar surface area (TPSA) is 59.1 Å². The number of piperidine rings is 1. The number of ether oxygens (including phenoxy) is 2. The Morgan fingerprint density at radius 3 is 2.96 bits per heavy atom. The van der Waals surface area contributed by atoms with Gasteiger partial charge in [-0.1, -0.05) is 0 Å². The molecule has 0 aromatic carbocycles. The number of nitrogens with zero attached hydrogens (tertiary/aromatic N) is 2.